The first kappa shape index (κ1) is 10.9. The Morgan fingerprint density at radius 3 is 2.56 bits per heavy atom. The third kappa shape index (κ3) is 2.01. The highest BCUT2D eigenvalue weighted by Gasteiger charge is 2.12. The topological polar surface area (TPSA) is 29.1 Å². The molecule has 1 N–H and O–H groups in total. The number of carbonyl (C=O) groups is 1. The molecule has 0 bridgehead atoms. The molecule has 0 fully saturated rings. The number of amides is 1. The van der Waals surface area contributed by atoms with Crippen LogP contribution in [0.15, 0.2) is 18.3 Å². The lowest BCUT2D eigenvalue weighted by Gasteiger charge is -2.11. The number of hydrogen-bond donors (Lipinski definition) is 1. The number of rotatable bonds is 2. The second-order valence-electron chi connectivity index (χ2n) is 4.10. The lowest BCUT2D eigenvalue weighted by Crippen LogP contribution is -2.17. The summed E-state index contributed by atoms with van der Waals surface area (Å²) in [6, 6.07) is 4.40. The monoisotopic (exact) mass is 215 g/mol. The van der Waals surface area contributed by atoms with Crippen molar-refractivity contribution in [2.24, 2.45) is 0 Å². The number of nitrogens with one attached hydrogen (secondary N) is 1. The molecule has 1 aliphatic heterocycles. The molecule has 0 aliphatic carbocycles. The van der Waals surface area contributed by atoms with Gasteiger partial charge in [-0.3, -0.25) is 4.79 Å². The minimum atomic E-state index is 0.0706. The van der Waals surface area contributed by atoms with Crippen LogP contribution in [-0.2, 0) is 24.1 Å². The van der Waals surface area contributed by atoms with Crippen LogP contribution in [0, 0.1) is 0 Å². The van der Waals surface area contributed by atoms with Gasteiger partial charge in [0.05, 0.1) is 6.42 Å². The van der Waals surface area contributed by atoms with Gasteiger partial charge in [0.15, 0.2) is 0 Å². The van der Waals surface area contributed by atoms with E-state index in [1.807, 2.05) is 6.08 Å². The predicted molar refractivity (Wildman–Crippen MR) is 66.1 cm³/mol. The SMILES string of the molecule is CCc1cc2c(cc1CC)CC(=O)NC=C2. The molecule has 0 spiro atoms. The van der Waals surface area contributed by atoms with Crippen molar-refractivity contribution >= 4 is 12.0 Å². The fourth-order valence-electron chi connectivity index (χ4n) is 2.17. The Bertz CT molecular complexity index is 446. The Balaban J connectivity index is 2.51. The van der Waals surface area contributed by atoms with Gasteiger partial charge in [0, 0.05) is 6.20 Å². The summed E-state index contributed by atoms with van der Waals surface area (Å²) in [5, 5.41) is 2.75. The summed E-state index contributed by atoms with van der Waals surface area (Å²) in [5.41, 5.74) is 5.07. The van der Waals surface area contributed by atoms with E-state index in [1.54, 1.807) is 6.20 Å². The van der Waals surface area contributed by atoms with E-state index in [9.17, 15) is 4.79 Å². The minimum absolute atomic E-state index is 0.0706. The molecule has 1 aromatic rings. The van der Waals surface area contributed by atoms with Gasteiger partial charge in [0.2, 0.25) is 5.91 Å². The van der Waals surface area contributed by atoms with Crippen LogP contribution in [0.4, 0.5) is 0 Å². The normalized spacial score (nSPS) is 14.2. The molecule has 0 saturated carbocycles. The second-order valence-corrected chi connectivity index (χ2v) is 4.10. The highest BCUT2D eigenvalue weighted by Crippen LogP contribution is 2.21. The fourth-order valence-corrected chi connectivity index (χ4v) is 2.17. The summed E-state index contributed by atoms with van der Waals surface area (Å²) in [6.45, 7) is 4.33. The van der Waals surface area contributed by atoms with Crippen LogP contribution in [-0.4, -0.2) is 5.91 Å². The lowest BCUT2D eigenvalue weighted by molar-refractivity contribution is -0.119. The van der Waals surface area contributed by atoms with Crippen LogP contribution in [0.5, 0.6) is 0 Å². The maximum absolute atomic E-state index is 11.4. The van der Waals surface area contributed by atoms with Crippen molar-refractivity contribution in [3.8, 4) is 0 Å². The molecule has 2 nitrogen and oxygen atoms in total. The molecule has 1 aliphatic rings. The molecule has 16 heavy (non-hydrogen) atoms. The Morgan fingerprint density at radius 2 is 1.88 bits per heavy atom. The van der Waals surface area contributed by atoms with Crippen molar-refractivity contribution in [3.05, 3.63) is 40.6 Å². The highest BCUT2D eigenvalue weighted by atomic mass is 16.1. The largest absolute Gasteiger partial charge is 0.332 e. The Kier molecular flexibility index (Phi) is 3.09. The third-order valence-electron chi connectivity index (χ3n) is 3.08. The molecule has 0 saturated heterocycles. The summed E-state index contributed by atoms with van der Waals surface area (Å²) < 4.78 is 0. The molecule has 0 atom stereocenters. The number of aryl methyl sites for hydroxylation is 2. The summed E-state index contributed by atoms with van der Waals surface area (Å²) in [5.74, 6) is 0.0706. The maximum atomic E-state index is 11.4. The van der Waals surface area contributed by atoms with Gasteiger partial charge in [-0.15, -0.1) is 0 Å². The van der Waals surface area contributed by atoms with Gasteiger partial charge in [0.25, 0.3) is 0 Å². The first-order valence-corrected chi connectivity index (χ1v) is 5.85. The highest BCUT2D eigenvalue weighted by molar-refractivity contribution is 5.83. The van der Waals surface area contributed by atoms with E-state index < -0.39 is 0 Å². The molecule has 1 heterocycles. The van der Waals surface area contributed by atoms with Crippen LogP contribution in [0.1, 0.15) is 36.1 Å². The smallest absolute Gasteiger partial charge is 0.228 e. The molecule has 2 rings (SSSR count). The fraction of sp³-hybridized carbons (Fsp3) is 0.357. The summed E-state index contributed by atoms with van der Waals surface area (Å²) in [6.07, 6.45) is 6.28. The average Bonchev–Trinajstić information content (AvgIpc) is 2.47. The van der Waals surface area contributed by atoms with Gasteiger partial charge in [-0.25, -0.2) is 0 Å². The lowest BCUT2D eigenvalue weighted by atomic mass is 9.94. The van der Waals surface area contributed by atoms with E-state index in [0.29, 0.717) is 6.42 Å². The van der Waals surface area contributed by atoms with E-state index in [4.69, 9.17) is 0 Å². The molecule has 0 aromatic heterocycles. The van der Waals surface area contributed by atoms with Crippen LogP contribution in [0.3, 0.4) is 0 Å². The van der Waals surface area contributed by atoms with Crippen LogP contribution < -0.4 is 5.32 Å². The number of fused-ring (bicyclic) bond motifs is 1. The minimum Gasteiger partial charge on any atom is -0.332 e. The van der Waals surface area contributed by atoms with Gasteiger partial charge in [-0.05, 0) is 41.2 Å². The Morgan fingerprint density at radius 1 is 1.19 bits per heavy atom. The first-order chi connectivity index (χ1) is 7.74. The van der Waals surface area contributed by atoms with Gasteiger partial charge < -0.3 is 5.32 Å². The van der Waals surface area contributed by atoms with Crippen molar-refractivity contribution in [1.29, 1.82) is 0 Å². The van der Waals surface area contributed by atoms with Crippen LogP contribution in [0.25, 0.3) is 6.08 Å². The van der Waals surface area contributed by atoms with Crippen molar-refractivity contribution in [2.75, 3.05) is 0 Å². The summed E-state index contributed by atoms with van der Waals surface area (Å²) in [7, 11) is 0. The van der Waals surface area contributed by atoms with Gasteiger partial charge in [-0.1, -0.05) is 26.0 Å². The zero-order valence-electron chi connectivity index (χ0n) is 9.84. The second kappa shape index (κ2) is 4.52. The van der Waals surface area contributed by atoms with Gasteiger partial charge in [-0.2, -0.15) is 0 Å². The van der Waals surface area contributed by atoms with Crippen molar-refractivity contribution in [3.63, 3.8) is 0 Å². The van der Waals surface area contributed by atoms with Crippen LogP contribution >= 0.6 is 0 Å². The van der Waals surface area contributed by atoms with E-state index >= 15 is 0 Å². The molecule has 0 unspecified atom stereocenters. The molecule has 2 heteroatoms. The molecule has 0 radical (unpaired) electrons. The van der Waals surface area contributed by atoms with E-state index in [-0.39, 0.29) is 5.91 Å². The van der Waals surface area contributed by atoms with Crippen LogP contribution in [0.2, 0.25) is 0 Å². The molecule has 1 amide bonds. The third-order valence-corrected chi connectivity index (χ3v) is 3.08. The Hall–Kier alpha value is -1.57. The van der Waals surface area contributed by atoms with Gasteiger partial charge >= 0.3 is 0 Å². The van der Waals surface area contributed by atoms with Crippen molar-refractivity contribution in [1.82, 2.24) is 5.32 Å². The molecule has 1 aromatic carbocycles. The molecule has 84 valence electrons. The average molecular weight is 215 g/mol. The number of carbonyl (C=O) groups excluding carboxylic acids is 1. The number of hydrogen-bond acceptors (Lipinski definition) is 1. The van der Waals surface area contributed by atoms with Crippen molar-refractivity contribution < 1.29 is 4.79 Å². The molecular formula is C14H17NO. The number of benzene rings is 1. The van der Waals surface area contributed by atoms with Crippen molar-refractivity contribution in [2.45, 2.75) is 33.1 Å². The van der Waals surface area contributed by atoms with E-state index in [1.165, 1.54) is 16.7 Å². The molecular weight excluding hydrogens is 198 g/mol. The standard InChI is InChI=1S/C14H17NO/c1-3-10-7-12-5-6-15-14(16)9-13(12)8-11(10)4-2/h5-8H,3-4,9H2,1-2H3,(H,15,16). The zero-order chi connectivity index (χ0) is 11.5. The van der Waals surface area contributed by atoms with Gasteiger partial charge in [0.1, 0.15) is 0 Å². The maximum Gasteiger partial charge on any atom is 0.228 e. The summed E-state index contributed by atoms with van der Waals surface area (Å²) in [4.78, 5) is 11.4. The predicted octanol–water partition coefficient (Wildman–Crippen LogP) is 2.45. The van der Waals surface area contributed by atoms with E-state index in [2.05, 4.69) is 31.3 Å². The summed E-state index contributed by atoms with van der Waals surface area (Å²) >= 11 is 0. The first-order valence-electron chi connectivity index (χ1n) is 5.85. The van der Waals surface area contributed by atoms with E-state index in [0.717, 1.165) is 18.4 Å². The quantitative estimate of drug-likeness (QED) is 0.806. The zero-order valence-corrected chi connectivity index (χ0v) is 9.84. The Labute approximate surface area is 96.4 Å².